The van der Waals surface area contributed by atoms with Crippen molar-refractivity contribution in [3.05, 3.63) is 91.9 Å². The van der Waals surface area contributed by atoms with E-state index >= 15 is 0 Å². The molecule has 2 atom stereocenters. The number of hydrogen-bond donors (Lipinski definition) is 2. The summed E-state index contributed by atoms with van der Waals surface area (Å²) >= 11 is 47.3. The molecule has 3 aromatic carbocycles. The lowest BCUT2D eigenvalue weighted by molar-refractivity contribution is -0.117. The number of ketones is 1. The molecule has 0 spiro atoms. The number of amides is 2. The molecule has 1 aliphatic carbocycles. The molecule has 2 N–H and O–H groups in total. The summed E-state index contributed by atoms with van der Waals surface area (Å²) in [6, 6.07) is 10.6. The van der Waals surface area contributed by atoms with Gasteiger partial charge in [-0.1, -0.05) is 75.7 Å². The lowest BCUT2D eigenvalue weighted by Gasteiger charge is -2.14. The monoisotopic (exact) mass is 720 g/mol. The molecule has 0 bridgehead atoms. The third-order valence-electron chi connectivity index (χ3n) is 6.14. The Hall–Kier alpha value is -1.55. The van der Waals surface area contributed by atoms with Crippen molar-refractivity contribution in [3.8, 4) is 0 Å². The van der Waals surface area contributed by atoms with Crippen LogP contribution in [0.1, 0.15) is 27.4 Å². The van der Waals surface area contributed by atoms with Gasteiger partial charge in [-0.15, -0.1) is 23.2 Å². The Labute approximate surface area is 272 Å². The molecule has 0 saturated heterocycles. The molecule has 41 heavy (non-hydrogen) atoms. The Morgan fingerprint density at radius 1 is 0.829 bits per heavy atom. The first-order valence-corrected chi connectivity index (χ1v) is 14.4. The number of alkyl halides is 5. The van der Waals surface area contributed by atoms with Gasteiger partial charge in [0.1, 0.15) is 21.7 Å². The molecule has 3 aromatic rings. The van der Waals surface area contributed by atoms with Gasteiger partial charge >= 0.3 is 0 Å². The van der Waals surface area contributed by atoms with Crippen molar-refractivity contribution >= 4 is 122 Å². The van der Waals surface area contributed by atoms with Crippen molar-refractivity contribution in [2.75, 3.05) is 10.6 Å². The molecule has 1 aliphatic rings. The first-order valence-electron chi connectivity index (χ1n) is 11.3. The van der Waals surface area contributed by atoms with Crippen molar-refractivity contribution in [1.82, 2.24) is 0 Å². The summed E-state index contributed by atoms with van der Waals surface area (Å²) in [7, 11) is 0. The van der Waals surface area contributed by atoms with Crippen molar-refractivity contribution in [1.29, 1.82) is 0 Å². The summed E-state index contributed by atoms with van der Waals surface area (Å²) in [6.07, 6.45) is -0.474. The summed E-state index contributed by atoms with van der Waals surface area (Å²) in [5.41, 5.74) is -0.130. The van der Waals surface area contributed by atoms with E-state index in [1.807, 2.05) is 5.32 Å². The lowest BCUT2D eigenvalue weighted by Crippen LogP contribution is -2.28. The van der Waals surface area contributed by atoms with Gasteiger partial charge < -0.3 is 10.6 Å². The van der Waals surface area contributed by atoms with E-state index in [1.54, 1.807) is 18.2 Å². The second-order valence-electron chi connectivity index (χ2n) is 8.97. The molecule has 1 fully saturated rings. The van der Waals surface area contributed by atoms with Crippen molar-refractivity contribution in [2.24, 2.45) is 5.92 Å². The average Bonchev–Trinajstić information content (AvgIpc) is 3.45. The molecule has 0 radical (unpaired) electrons. The zero-order chi connectivity index (χ0) is 30.4. The molecule has 0 aliphatic heterocycles. The fourth-order valence-electron chi connectivity index (χ4n) is 4.12. The van der Waals surface area contributed by atoms with E-state index in [1.165, 1.54) is 18.2 Å². The molecule has 15 heteroatoms. The molecule has 2 unspecified atom stereocenters. The Morgan fingerprint density at radius 3 is 2.02 bits per heavy atom. The maximum Gasteiger partial charge on any atom is 0.276 e. The molecule has 216 valence electrons. The molecule has 4 rings (SSSR count). The SMILES string of the molecule is O=C(Cc1cc(F)c(NC(=O)C(Cl)(Cl)Cl)c(F)c1)c1cc(NC(=O)C2C(c3ccc(Cl)c(Cl)c3)C2(Cl)Cl)ccc1Cl. The quantitative estimate of drug-likeness (QED) is 0.189. The van der Waals surface area contributed by atoms with Gasteiger partial charge in [-0.25, -0.2) is 8.78 Å². The van der Waals surface area contributed by atoms with E-state index in [9.17, 15) is 23.2 Å². The Morgan fingerprint density at radius 2 is 1.44 bits per heavy atom. The first kappa shape index (κ1) is 32.4. The number of nitrogens with one attached hydrogen (secondary N) is 2. The Bertz CT molecular complexity index is 1560. The molecule has 0 aromatic heterocycles. The van der Waals surface area contributed by atoms with Crippen molar-refractivity contribution in [3.63, 3.8) is 0 Å². The largest absolute Gasteiger partial charge is 0.326 e. The van der Waals surface area contributed by atoms with E-state index in [4.69, 9.17) is 92.8 Å². The average molecular weight is 724 g/mol. The molecular formula is C26H14Cl8F2N2O3. The van der Waals surface area contributed by atoms with Crippen LogP contribution in [0, 0.1) is 17.6 Å². The lowest BCUT2D eigenvalue weighted by atomic mass is 10.0. The fourth-order valence-corrected chi connectivity index (χ4v) is 5.62. The molecule has 0 heterocycles. The Kier molecular flexibility index (Phi) is 9.64. The zero-order valence-electron chi connectivity index (χ0n) is 20.0. The summed E-state index contributed by atoms with van der Waals surface area (Å²) in [5, 5.41) is 5.14. The van der Waals surface area contributed by atoms with Crippen LogP contribution in [0.5, 0.6) is 0 Å². The zero-order valence-corrected chi connectivity index (χ0v) is 26.0. The number of rotatable bonds is 7. The van der Waals surface area contributed by atoms with Crippen LogP contribution in [0.3, 0.4) is 0 Å². The normalized spacial score (nSPS) is 17.6. The second-order valence-corrected chi connectivity index (χ2v) is 13.9. The minimum absolute atomic E-state index is 0.0290. The van der Waals surface area contributed by atoms with Gasteiger partial charge in [-0.3, -0.25) is 14.4 Å². The number of hydrogen-bond acceptors (Lipinski definition) is 3. The predicted molar refractivity (Wildman–Crippen MR) is 161 cm³/mol. The number of carbonyl (C=O) groups excluding carboxylic acids is 3. The minimum Gasteiger partial charge on any atom is -0.326 e. The third-order valence-corrected chi connectivity index (χ3v) is 8.66. The molecule has 2 amide bonds. The maximum absolute atomic E-state index is 14.5. The van der Waals surface area contributed by atoms with E-state index in [0.717, 1.165) is 12.1 Å². The molecule has 1 saturated carbocycles. The van der Waals surface area contributed by atoms with Crippen LogP contribution in [-0.4, -0.2) is 25.7 Å². The van der Waals surface area contributed by atoms with Gasteiger partial charge in [0.15, 0.2) is 5.78 Å². The summed E-state index contributed by atoms with van der Waals surface area (Å²) in [6.45, 7) is 0. The van der Waals surface area contributed by atoms with Crippen LogP contribution in [0.15, 0.2) is 48.5 Å². The number of anilines is 2. The van der Waals surface area contributed by atoms with Crippen LogP contribution in [0.25, 0.3) is 0 Å². The third kappa shape index (κ3) is 7.16. The maximum atomic E-state index is 14.5. The van der Waals surface area contributed by atoms with E-state index in [0.29, 0.717) is 10.6 Å². The van der Waals surface area contributed by atoms with E-state index in [2.05, 4.69) is 5.32 Å². The Balaban J connectivity index is 1.49. The highest BCUT2D eigenvalue weighted by Gasteiger charge is 2.67. The highest BCUT2D eigenvalue weighted by atomic mass is 35.6. The fraction of sp³-hybridized carbons (Fsp3) is 0.192. The predicted octanol–water partition coefficient (Wildman–Crippen LogP) is 9.19. The second kappa shape index (κ2) is 12.2. The van der Waals surface area contributed by atoms with Gasteiger partial charge in [0.2, 0.25) is 5.91 Å². The van der Waals surface area contributed by atoms with Crippen molar-refractivity contribution < 1.29 is 23.2 Å². The van der Waals surface area contributed by atoms with Crippen LogP contribution >= 0.6 is 92.8 Å². The van der Waals surface area contributed by atoms with Crippen LogP contribution in [-0.2, 0) is 16.0 Å². The number of carbonyl (C=O) groups is 3. The topological polar surface area (TPSA) is 75.3 Å². The number of halogens is 10. The van der Waals surface area contributed by atoms with E-state index in [-0.39, 0.29) is 26.9 Å². The van der Waals surface area contributed by atoms with Crippen LogP contribution in [0.4, 0.5) is 20.2 Å². The van der Waals surface area contributed by atoms with Gasteiger partial charge in [-0.2, -0.15) is 0 Å². The highest BCUT2D eigenvalue weighted by molar-refractivity contribution is 6.76. The molecule has 5 nitrogen and oxygen atoms in total. The van der Waals surface area contributed by atoms with Crippen LogP contribution < -0.4 is 10.6 Å². The molecular weight excluding hydrogens is 710 g/mol. The first-order chi connectivity index (χ1) is 19.0. The van der Waals surface area contributed by atoms with Crippen LogP contribution in [0.2, 0.25) is 15.1 Å². The smallest absolute Gasteiger partial charge is 0.276 e. The number of Topliss-reactive ketones (excluding diaryl/α,β-unsaturated/α-hetero) is 1. The summed E-state index contributed by atoms with van der Waals surface area (Å²) in [5.74, 6) is -6.23. The summed E-state index contributed by atoms with van der Waals surface area (Å²) < 4.78 is 25.2. The minimum atomic E-state index is -2.45. The van der Waals surface area contributed by atoms with Gasteiger partial charge in [0.05, 0.1) is 21.0 Å². The highest BCUT2D eigenvalue weighted by Crippen LogP contribution is 2.65. The van der Waals surface area contributed by atoms with Gasteiger partial charge in [0.25, 0.3) is 9.70 Å². The summed E-state index contributed by atoms with van der Waals surface area (Å²) in [4.78, 5) is 37.8. The van der Waals surface area contributed by atoms with E-state index < -0.39 is 61.3 Å². The number of benzene rings is 3. The standard InChI is InChI=1S/C26H14Cl8F2N2O3/c27-14-4-2-12(37-23(40)21-20(25(21,30)31)11-1-3-15(28)16(29)8-11)9-13(14)19(39)7-10-5-17(35)22(18(36)6-10)38-24(41)26(32,33)34/h1-6,8-9,20-21H,7H2,(H,37,40)(H,38,41). The van der Waals surface area contributed by atoms with Gasteiger partial charge in [-0.05, 0) is 53.6 Å². The van der Waals surface area contributed by atoms with Crippen molar-refractivity contribution in [2.45, 2.75) is 20.5 Å². The van der Waals surface area contributed by atoms with Gasteiger partial charge in [0, 0.05) is 23.6 Å².